The summed E-state index contributed by atoms with van der Waals surface area (Å²) in [5, 5.41) is 0. The molecule has 1 aliphatic carbocycles. The van der Waals surface area contributed by atoms with Crippen molar-refractivity contribution in [1.29, 1.82) is 0 Å². The van der Waals surface area contributed by atoms with Gasteiger partial charge in [0.05, 0.1) is 0 Å². The van der Waals surface area contributed by atoms with Crippen LogP contribution in [0.1, 0.15) is 26.2 Å². The van der Waals surface area contributed by atoms with Crippen molar-refractivity contribution in [3.05, 3.63) is 0 Å². The van der Waals surface area contributed by atoms with Crippen molar-refractivity contribution in [2.45, 2.75) is 44.6 Å². The number of alkyl halides is 2. The zero-order valence-corrected chi connectivity index (χ0v) is 6.76. The van der Waals surface area contributed by atoms with Crippen LogP contribution in [0.5, 0.6) is 0 Å². The van der Waals surface area contributed by atoms with E-state index in [9.17, 15) is 8.78 Å². The summed E-state index contributed by atoms with van der Waals surface area (Å²) in [6.07, 6.45) is -0.690. The lowest BCUT2D eigenvalue weighted by molar-refractivity contribution is 0.199. The lowest BCUT2D eigenvalue weighted by atomic mass is 10.0. The first-order valence-corrected chi connectivity index (χ1v) is 4.15. The summed E-state index contributed by atoms with van der Waals surface area (Å²) in [7, 11) is 0. The number of nitrogens with two attached hydrogens (primary N) is 1. The minimum Gasteiger partial charge on any atom is -0.325 e. The second-order valence-electron chi connectivity index (χ2n) is 3.49. The van der Waals surface area contributed by atoms with Crippen LogP contribution < -0.4 is 5.73 Å². The van der Waals surface area contributed by atoms with Gasteiger partial charge in [-0.3, -0.25) is 0 Å². The molecule has 1 aliphatic rings. The van der Waals surface area contributed by atoms with Crippen LogP contribution >= 0.6 is 0 Å². The topological polar surface area (TPSA) is 26.0 Å². The van der Waals surface area contributed by atoms with Crippen LogP contribution in [0.15, 0.2) is 0 Å². The molecule has 1 nitrogen and oxygen atoms in total. The van der Waals surface area contributed by atoms with Crippen LogP contribution in [0.2, 0.25) is 0 Å². The Bertz CT molecular complexity index is 115. The van der Waals surface area contributed by atoms with Gasteiger partial charge < -0.3 is 5.73 Å². The van der Waals surface area contributed by atoms with Crippen LogP contribution in [0.4, 0.5) is 8.78 Å². The Morgan fingerprint density at radius 3 is 2.45 bits per heavy atom. The Balaban J connectivity index is 2.51. The van der Waals surface area contributed by atoms with E-state index < -0.39 is 18.4 Å². The Morgan fingerprint density at radius 2 is 1.82 bits per heavy atom. The third-order valence-corrected chi connectivity index (χ3v) is 2.45. The summed E-state index contributed by atoms with van der Waals surface area (Å²) in [5.41, 5.74) is 5.46. The molecule has 0 aromatic rings. The monoisotopic (exact) mass is 163 g/mol. The first kappa shape index (κ1) is 8.91. The summed E-state index contributed by atoms with van der Waals surface area (Å²) < 4.78 is 25.9. The van der Waals surface area contributed by atoms with Gasteiger partial charge in [0.15, 0.2) is 0 Å². The van der Waals surface area contributed by atoms with Crippen molar-refractivity contribution in [2.24, 2.45) is 11.7 Å². The second-order valence-corrected chi connectivity index (χ2v) is 3.49. The summed E-state index contributed by atoms with van der Waals surface area (Å²) in [6, 6.07) is -0.446. The number of halogens is 2. The molecule has 0 aliphatic heterocycles. The van der Waals surface area contributed by atoms with E-state index in [0.717, 1.165) is 0 Å². The largest absolute Gasteiger partial charge is 0.325 e. The number of hydrogen-bond donors (Lipinski definition) is 1. The maximum absolute atomic E-state index is 13.0. The molecule has 3 unspecified atom stereocenters. The van der Waals surface area contributed by atoms with Gasteiger partial charge in [-0.05, 0) is 25.2 Å². The van der Waals surface area contributed by atoms with Crippen LogP contribution in [-0.4, -0.2) is 18.4 Å². The Morgan fingerprint density at radius 1 is 1.18 bits per heavy atom. The molecule has 3 heteroatoms. The van der Waals surface area contributed by atoms with Gasteiger partial charge in [-0.15, -0.1) is 0 Å². The molecule has 0 spiro atoms. The van der Waals surface area contributed by atoms with Gasteiger partial charge >= 0.3 is 0 Å². The SMILES string of the molecule is CC1C[C@H](F)C(N)CCC1F. The van der Waals surface area contributed by atoms with Crippen LogP contribution in [-0.2, 0) is 0 Å². The minimum atomic E-state index is -1.01. The predicted octanol–water partition coefficient (Wildman–Crippen LogP) is 1.81. The van der Waals surface area contributed by atoms with E-state index in [-0.39, 0.29) is 12.3 Å². The highest BCUT2D eigenvalue weighted by atomic mass is 19.1. The summed E-state index contributed by atoms with van der Waals surface area (Å²) in [5.74, 6) is -0.168. The molecular weight excluding hydrogens is 148 g/mol. The fraction of sp³-hybridized carbons (Fsp3) is 1.00. The van der Waals surface area contributed by atoms with E-state index in [4.69, 9.17) is 5.73 Å². The first-order chi connectivity index (χ1) is 5.11. The van der Waals surface area contributed by atoms with E-state index in [0.29, 0.717) is 12.8 Å². The molecule has 11 heavy (non-hydrogen) atoms. The second kappa shape index (κ2) is 3.48. The van der Waals surface area contributed by atoms with Gasteiger partial charge in [0.25, 0.3) is 0 Å². The molecule has 1 rings (SSSR count). The smallest absolute Gasteiger partial charge is 0.115 e. The van der Waals surface area contributed by atoms with E-state index in [1.54, 1.807) is 6.92 Å². The molecule has 4 atom stereocenters. The molecule has 66 valence electrons. The maximum atomic E-state index is 13.0. The van der Waals surface area contributed by atoms with Crippen molar-refractivity contribution >= 4 is 0 Å². The molecule has 0 saturated heterocycles. The van der Waals surface area contributed by atoms with E-state index in [1.807, 2.05) is 0 Å². The molecule has 0 radical (unpaired) electrons. The molecule has 0 aromatic carbocycles. The van der Waals surface area contributed by atoms with E-state index in [2.05, 4.69) is 0 Å². The molecule has 0 aromatic heterocycles. The van der Waals surface area contributed by atoms with Crippen molar-refractivity contribution < 1.29 is 8.78 Å². The fourth-order valence-corrected chi connectivity index (χ4v) is 1.49. The van der Waals surface area contributed by atoms with Crippen molar-refractivity contribution in [3.63, 3.8) is 0 Å². The fourth-order valence-electron chi connectivity index (χ4n) is 1.49. The number of hydrogen-bond acceptors (Lipinski definition) is 1. The number of rotatable bonds is 0. The van der Waals surface area contributed by atoms with Gasteiger partial charge in [-0.25, -0.2) is 8.78 Å². The lowest BCUT2D eigenvalue weighted by Gasteiger charge is -2.14. The van der Waals surface area contributed by atoms with Gasteiger partial charge in [0, 0.05) is 6.04 Å². The van der Waals surface area contributed by atoms with Crippen LogP contribution in [0, 0.1) is 5.92 Å². The van der Waals surface area contributed by atoms with Gasteiger partial charge in [-0.1, -0.05) is 6.92 Å². The van der Waals surface area contributed by atoms with Gasteiger partial charge in [-0.2, -0.15) is 0 Å². The van der Waals surface area contributed by atoms with Crippen molar-refractivity contribution in [1.82, 2.24) is 0 Å². The van der Waals surface area contributed by atoms with Gasteiger partial charge in [0.2, 0.25) is 0 Å². The zero-order chi connectivity index (χ0) is 8.43. The molecule has 0 amide bonds. The molecule has 0 heterocycles. The van der Waals surface area contributed by atoms with Crippen LogP contribution in [0.3, 0.4) is 0 Å². The average molecular weight is 163 g/mol. The third kappa shape index (κ3) is 2.12. The standard InChI is InChI=1S/C8H15F2N/c1-5-4-7(10)8(11)3-2-6(5)9/h5-8H,2-4,11H2,1H3/t5?,6?,7-,8?/m0/s1. The third-order valence-electron chi connectivity index (χ3n) is 2.45. The average Bonchev–Trinajstić information content (AvgIpc) is 2.05. The van der Waals surface area contributed by atoms with Crippen molar-refractivity contribution in [2.75, 3.05) is 0 Å². The summed E-state index contributed by atoms with van der Waals surface area (Å²) >= 11 is 0. The highest BCUT2D eigenvalue weighted by Gasteiger charge is 2.29. The normalized spacial score (nSPS) is 46.9. The molecule has 2 N–H and O–H groups in total. The van der Waals surface area contributed by atoms with Crippen LogP contribution in [0.25, 0.3) is 0 Å². The van der Waals surface area contributed by atoms with Gasteiger partial charge in [0.1, 0.15) is 12.3 Å². The molecular formula is C8H15F2N. The Hall–Kier alpha value is -0.180. The highest BCUT2D eigenvalue weighted by Crippen LogP contribution is 2.26. The minimum absolute atomic E-state index is 0.168. The Labute approximate surface area is 66.0 Å². The lowest BCUT2D eigenvalue weighted by Crippen LogP contribution is -2.30. The first-order valence-electron chi connectivity index (χ1n) is 4.15. The Kier molecular flexibility index (Phi) is 2.82. The quantitative estimate of drug-likeness (QED) is 0.541. The molecule has 1 saturated carbocycles. The summed E-state index contributed by atoms with van der Waals surface area (Å²) in [6.45, 7) is 1.75. The summed E-state index contributed by atoms with van der Waals surface area (Å²) in [4.78, 5) is 0. The van der Waals surface area contributed by atoms with Crippen molar-refractivity contribution in [3.8, 4) is 0 Å². The maximum Gasteiger partial charge on any atom is 0.115 e. The predicted molar refractivity (Wildman–Crippen MR) is 40.8 cm³/mol. The zero-order valence-electron chi connectivity index (χ0n) is 6.76. The van der Waals surface area contributed by atoms with E-state index in [1.165, 1.54) is 0 Å². The molecule has 1 fully saturated rings. The molecule has 0 bridgehead atoms. The van der Waals surface area contributed by atoms with E-state index >= 15 is 0 Å². The highest BCUT2D eigenvalue weighted by molar-refractivity contribution is 4.82.